The van der Waals surface area contributed by atoms with E-state index in [0.717, 1.165) is 17.7 Å². The Balaban J connectivity index is 1.84. The maximum absolute atomic E-state index is 15.2. The van der Waals surface area contributed by atoms with E-state index in [-0.39, 0.29) is 37.4 Å². The van der Waals surface area contributed by atoms with Crippen LogP contribution >= 0.6 is 0 Å². The van der Waals surface area contributed by atoms with E-state index >= 15 is 4.39 Å². The zero-order valence-electron chi connectivity index (χ0n) is 18.8. The summed E-state index contributed by atoms with van der Waals surface area (Å²) in [5, 5.41) is 0. The lowest BCUT2D eigenvalue weighted by molar-refractivity contribution is -0.274. The van der Waals surface area contributed by atoms with Crippen molar-refractivity contribution in [2.75, 3.05) is 11.5 Å². The van der Waals surface area contributed by atoms with Crippen molar-refractivity contribution in [1.29, 1.82) is 0 Å². The summed E-state index contributed by atoms with van der Waals surface area (Å²) in [6.07, 6.45) is -5.10. The summed E-state index contributed by atoms with van der Waals surface area (Å²) >= 11 is 0. The lowest BCUT2D eigenvalue weighted by atomic mass is 10.0. The number of halogens is 4. The molecule has 3 aromatic rings. The molecule has 0 spiro atoms. The minimum absolute atomic E-state index is 0.0171. The number of carbonyl (C=O) groups is 2. The average Bonchev–Trinajstić information content (AvgIpc) is 2.81. The second kappa shape index (κ2) is 11.5. The molecule has 0 radical (unpaired) electrons. The Bertz CT molecular complexity index is 1150. The number of carbonyl (C=O) groups excluding carboxylic acids is 2. The first-order chi connectivity index (χ1) is 16.7. The summed E-state index contributed by atoms with van der Waals surface area (Å²) in [7, 11) is 0. The molecule has 0 aromatic heterocycles. The van der Waals surface area contributed by atoms with Crippen LogP contribution in [0.5, 0.6) is 5.75 Å². The van der Waals surface area contributed by atoms with Gasteiger partial charge in [0.25, 0.3) is 0 Å². The molecule has 9 heteroatoms. The van der Waals surface area contributed by atoms with Crippen molar-refractivity contribution >= 4 is 17.6 Å². The summed E-state index contributed by atoms with van der Waals surface area (Å²) in [4.78, 5) is 25.9. The second-order valence-electron chi connectivity index (χ2n) is 7.51. The number of hydrogen-bond donors (Lipinski definition) is 0. The molecule has 0 saturated carbocycles. The van der Waals surface area contributed by atoms with E-state index in [4.69, 9.17) is 4.74 Å². The molecule has 0 aliphatic carbocycles. The topological polar surface area (TPSA) is 55.8 Å². The third-order valence-electron chi connectivity index (χ3n) is 4.99. The zero-order chi connectivity index (χ0) is 25.4. The molecule has 0 N–H and O–H groups in total. The van der Waals surface area contributed by atoms with Gasteiger partial charge in [0.15, 0.2) is 0 Å². The van der Waals surface area contributed by atoms with Crippen LogP contribution in [0.4, 0.5) is 23.2 Å². The number of alkyl halides is 3. The van der Waals surface area contributed by atoms with Crippen LogP contribution in [0, 0.1) is 5.82 Å². The Morgan fingerprint density at radius 1 is 0.886 bits per heavy atom. The van der Waals surface area contributed by atoms with Gasteiger partial charge in [-0.25, -0.2) is 4.39 Å². The molecule has 5 nitrogen and oxygen atoms in total. The van der Waals surface area contributed by atoms with Gasteiger partial charge < -0.3 is 14.4 Å². The van der Waals surface area contributed by atoms with E-state index in [2.05, 4.69) is 4.74 Å². The van der Waals surface area contributed by atoms with Crippen molar-refractivity contribution in [3.05, 3.63) is 84.2 Å². The number of esters is 1. The van der Waals surface area contributed by atoms with E-state index in [1.54, 1.807) is 37.3 Å². The van der Waals surface area contributed by atoms with Crippen LogP contribution in [0.25, 0.3) is 11.1 Å². The van der Waals surface area contributed by atoms with Gasteiger partial charge in [0.2, 0.25) is 5.91 Å². The summed E-state index contributed by atoms with van der Waals surface area (Å²) in [5.74, 6) is -2.06. The molecule has 0 aliphatic heterocycles. The van der Waals surface area contributed by atoms with Crippen LogP contribution in [0.3, 0.4) is 0 Å². The number of amides is 1. The summed E-state index contributed by atoms with van der Waals surface area (Å²) in [6, 6.07) is 18.2. The molecule has 35 heavy (non-hydrogen) atoms. The van der Waals surface area contributed by atoms with Gasteiger partial charge in [-0.15, -0.1) is 13.2 Å². The highest BCUT2D eigenvalue weighted by Crippen LogP contribution is 2.30. The standard InChI is InChI=1S/C26H23F4NO4/c1-2-34-25(33)15-14-24(32)31(17-18-6-4-3-5-7-18)23-13-10-20(16-22(23)27)19-8-11-21(12-9-19)35-26(28,29)30/h3-13,16H,2,14-15,17H2,1H3. The summed E-state index contributed by atoms with van der Waals surface area (Å²) in [5.41, 5.74) is 1.65. The van der Waals surface area contributed by atoms with Crippen molar-refractivity contribution in [2.45, 2.75) is 32.7 Å². The fourth-order valence-electron chi connectivity index (χ4n) is 3.41. The van der Waals surface area contributed by atoms with E-state index in [9.17, 15) is 22.8 Å². The minimum atomic E-state index is -4.81. The van der Waals surface area contributed by atoms with Gasteiger partial charge in [0.05, 0.1) is 25.3 Å². The number of hydrogen-bond acceptors (Lipinski definition) is 4. The van der Waals surface area contributed by atoms with E-state index < -0.39 is 24.1 Å². The van der Waals surface area contributed by atoms with Crippen LogP contribution in [-0.2, 0) is 20.9 Å². The predicted octanol–water partition coefficient (Wildman–Crippen LogP) is 6.27. The van der Waals surface area contributed by atoms with Crippen molar-refractivity contribution < 1.29 is 36.6 Å². The smallest absolute Gasteiger partial charge is 0.466 e. The van der Waals surface area contributed by atoms with Crippen LogP contribution in [0.1, 0.15) is 25.3 Å². The van der Waals surface area contributed by atoms with Gasteiger partial charge in [-0.2, -0.15) is 0 Å². The predicted molar refractivity (Wildman–Crippen MR) is 122 cm³/mol. The molecule has 1 amide bonds. The highest BCUT2D eigenvalue weighted by atomic mass is 19.4. The van der Waals surface area contributed by atoms with Gasteiger partial charge in [-0.3, -0.25) is 9.59 Å². The lowest BCUT2D eigenvalue weighted by Crippen LogP contribution is -2.31. The van der Waals surface area contributed by atoms with E-state index in [1.807, 2.05) is 6.07 Å². The number of ether oxygens (including phenoxy) is 2. The Hall–Kier alpha value is -3.88. The summed E-state index contributed by atoms with van der Waals surface area (Å²) < 4.78 is 61.0. The van der Waals surface area contributed by atoms with Crippen LogP contribution in [0.2, 0.25) is 0 Å². The van der Waals surface area contributed by atoms with Crippen molar-refractivity contribution in [1.82, 2.24) is 0 Å². The molecule has 0 saturated heterocycles. The van der Waals surface area contributed by atoms with E-state index in [1.165, 1.54) is 29.2 Å². The fraction of sp³-hybridized carbons (Fsp3) is 0.231. The first-order valence-corrected chi connectivity index (χ1v) is 10.8. The first kappa shape index (κ1) is 25.7. The van der Waals surface area contributed by atoms with Crippen LogP contribution < -0.4 is 9.64 Å². The highest BCUT2D eigenvalue weighted by Gasteiger charge is 2.31. The van der Waals surface area contributed by atoms with Crippen molar-refractivity contribution in [2.24, 2.45) is 0 Å². The normalized spacial score (nSPS) is 11.1. The molecule has 0 fully saturated rings. The zero-order valence-corrected chi connectivity index (χ0v) is 18.8. The van der Waals surface area contributed by atoms with Gasteiger partial charge in [-0.1, -0.05) is 48.5 Å². The average molecular weight is 489 g/mol. The molecule has 0 bridgehead atoms. The molecule has 0 aliphatic rings. The third kappa shape index (κ3) is 7.56. The first-order valence-electron chi connectivity index (χ1n) is 10.8. The van der Waals surface area contributed by atoms with E-state index in [0.29, 0.717) is 11.1 Å². The molecule has 3 aromatic carbocycles. The Morgan fingerprint density at radius 3 is 2.14 bits per heavy atom. The molecule has 3 rings (SSSR count). The van der Waals surface area contributed by atoms with Crippen LogP contribution in [0.15, 0.2) is 72.8 Å². The number of nitrogens with zero attached hydrogens (tertiary/aromatic N) is 1. The van der Waals surface area contributed by atoms with Gasteiger partial charge in [0, 0.05) is 6.42 Å². The third-order valence-corrected chi connectivity index (χ3v) is 4.99. The second-order valence-corrected chi connectivity index (χ2v) is 7.51. The quantitative estimate of drug-likeness (QED) is 0.263. The molecule has 0 heterocycles. The molecule has 184 valence electrons. The Kier molecular flexibility index (Phi) is 8.46. The largest absolute Gasteiger partial charge is 0.573 e. The van der Waals surface area contributed by atoms with Crippen LogP contribution in [-0.4, -0.2) is 24.8 Å². The van der Waals surface area contributed by atoms with Crippen molar-refractivity contribution in [3.63, 3.8) is 0 Å². The molecular formula is C26H23F4NO4. The SMILES string of the molecule is CCOC(=O)CCC(=O)N(Cc1ccccc1)c1ccc(-c2ccc(OC(F)(F)F)cc2)cc1F. The number of rotatable bonds is 9. The number of benzene rings is 3. The molecular weight excluding hydrogens is 466 g/mol. The monoisotopic (exact) mass is 489 g/mol. The lowest BCUT2D eigenvalue weighted by Gasteiger charge is -2.24. The number of anilines is 1. The minimum Gasteiger partial charge on any atom is -0.466 e. The summed E-state index contributed by atoms with van der Waals surface area (Å²) in [6.45, 7) is 1.94. The van der Waals surface area contributed by atoms with Gasteiger partial charge >= 0.3 is 12.3 Å². The highest BCUT2D eigenvalue weighted by molar-refractivity contribution is 5.95. The Labute approximate surface area is 199 Å². The van der Waals surface area contributed by atoms with Gasteiger partial charge in [-0.05, 0) is 47.9 Å². The maximum atomic E-state index is 15.2. The van der Waals surface area contributed by atoms with Gasteiger partial charge in [0.1, 0.15) is 11.6 Å². The van der Waals surface area contributed by atoms with Crippen molar-refractivity contribution in [3.8, 4) is 16.9 Å². The Morgan fingerprint density at radius 2 is 1.54 bits per heavy atom. The molecule has 0 atom stereocenters. The fourth-order valence-corrected chi connectivity index (χ4v) is 3.41. The maximum Gasteiger partial charge on any atom is 0.573 e. The molecule has 0 unspecified atom stereocenters.